The first-order valence-corrected chi connectivity index (χ1v) is 12.2. The molecule has 0 fully saturated rings. The lowest BCUT2D eigenvalue weighted by atomic mass is 10.2. The van der Waals surface area contributed by atoms with E-state index < -0.39 is 22.0 Å². The Morgan fingerprint density at radius 1 is 1.12 bits per heavy atom. The van der Waals surface area contributed by atoms with Gasteiger partial charge in [0.25, 0.3) is 15.9 Å². The van der Waals surface area contributed by atoms with Crippen molar-refractivity contribution in [1.29, 1.82) is 0 Å². The third kappa shape index (κ3) is 5.23. The molecule has 1 N–H and O–H groups in total. The minimum Gasteiger partial charge on any atom is -0.492 e. The van der Waals surface area contributed by atoms with Crippen LogP contribution in [0.5, 0.6) is 11.5 Å². The van der Waals surface area contributed by atoms with Gasteiger partial charge in [0.15, 0.2) is 6.10 Å². The number of hydrogen-bond donors (Lipinski definition) is 1. The van der Waals surface area contributed by atoms with Crippen LogP contribution in [0.3, 0.4) is 0 Å². The zero-order valence-corrected chi connectivity index (χ0v) is 19.5. The summed E-state index contributed by atoms with van der Waals surface area (Å²) in [5.74, 6) is 0.544. The van der Waals surface area contributed by atoms with Crippen molar-refractivity contribution < 1.29 is 22.7 Å². The van der Waals surface area contributed by atoms with Crippen molar-refractivity contribution in [3.05, 3.63) is 83.4 Å². The number of rotatable bonds is 7. The third-order valence-electron chi connectivity index (χ3n) is 5.07. The maximum atomic E-state index is 13.3. The van der Waals surface area contributed by atoms with Crippen LogP contribution in [-0.4, -0.2) is 40.1 Å². The number of nitrogens with zero attached hydrogens (tertiary/aromatic N) is 1. The van der Waals surface area contributed by atoms with Gasteiger partial charge < -0.3 is 14.8 Å². The number of anilines is 1. The fourth-order valence-electron chi connectivity index (χ4n) is 3.47. The largest absolute Gasteiger partial charge is 0.492 e. The first kappa shape index (κ1) is 22.9. The van der Waals surface area contributed by atoms with Gasteiger partial charge in [-0.25, -0.2) is 8.42 Å². The summed E-state index contributed by atoms with van der Waals surface area (Å²) in [7, 11) is -3.93. The average molecular weight is 487 g/mol. The van der Waals surface area contributed by atoms with Crippen LogP contribution in [-0.2, 0) is 14.8 Å². The van der Waals surface area contributed by atoms with Crippen LogP contribution in [0.2, 0.25) is 5.02 Å². The van der Waals surface area contributed by atoms with Gasteiger partial charge in [0.1, 0.15) is 18.1 Å². The second-order valence-electron chi connectivity index (χ2n) is 7.52. The minimum atomic E-state index is -3.93. The highest BCUT2D eigenvalue weighted by atomic mass is 35.5. The fraction of sp³-hybridized carbons (Fsp3) is 0.208. The van der Waals surface area contributed by atoms with Crippen molar-refractivity contribution in [1.82, 2.24) is 5.32 Å². The number of nitrogens with one attached hydrogen (secondary N) is 1. The van der Waals surface area contributed by atoms with Crippen LogP contribution >= 0.6 is 11.6 Å². The molecule has 1 aliphatic heterocycles. The van der Waals surface area contributed by atoms with E-state index in [9.17, 15) is 13.2 Å². The van der Waals surface area contributed by atoms with Crippen LogP contribution in [0.25, 0.3) is 0 Å². The zero-order valence-electron chi connectivity index (χ0n) is 17.9. The lowest BCUT2D eigenvalue weighted by Crippen LogP contribution is -2.51. The van der Waals surface area contributed by atoms with Crippen LogP contribution in [0.4, 0.5) is 5.69 Å². The smallest absolute Gasteiger partial charge is 0.264 e. The normalized spacial score (nSPS) is 15.3. The number of fused-ring (bicyclic) bond motifs is 1. The summed E-state index contributed by atoms with van der Waals surface area (Å²) in [5, 5.41) is 3.12. The molecule has 1 aliphatic rings. The van der Waals surface area contributed by atoms with Crippen LogP contribution in [0, 0.1) is 6.92 Å². The number of aryl methyl sites for hydroxylation is 1. The van der Waals surface area contributed by atoms with E-state index in [1.807, 2.05) is 31.2 Å². The molecule has 0 radical (unpaired) electrons. The average Bonchev–Trinajstić information content (AvgIpc) is 2.81. The Morgan fingerprint density at radius 3 is 2.67 bits per heavy atom. The van der Waals surface area contributed by atoms with Gasteiger partial charge in [-0.3, -0.25) is 9.10 Å². The Bertz CT molecular complexity index is 1250. The Hall–Kier alpha value is -3.23. The Kier molecular flexibility index (Phi) is 6.76. The molecule has 0 spiro atoms. The van der Waals surface area contributed by atoms with Gasteiger partial charge in [-0.2, -0.15) is 0 Å². The molecule has 0 aliphatic carbocycles. The first-order chi connectivity index (χ1) is 15.8. The van der Waals surface area contributed by atoms with E-state index in [1.54, 1.807) is 30.3 Å². The van der Waals surface area contributed by atoms with Crippen LogP contribution < -0.4 is 19.1 Å². The lowest BCUT2D eigenvalue weighted by molar-refractivity contribution is -0.127. The molecule has 172 valence electrons. The molecule has 33 heavy (non-hydrogen) atoms. The van der Waals surface area contributed by atoms with E-state index in [0.29, 0.717) is 10.8 Å². The molecular weight excluding hydrogens is 464 g/mol. The minimum absolute atomic E-state index is 0.114. The highest BCUT2D eigenvalue weighted by molar-refractivity contribution is 7.92. The molecule has 7 nitrogen and oxygen atoms in total. The standard InChI is InChI=1S/C24H23ClN2O5S/c1-17-6-5-7-19(14-17)31-13-12-26-24(28)23-16-27(21-15-18(25)10-11-22(21)32-23)33(29,30)20-8-3-2-4-9-20/h2-11,14-15,23H,12-13,16H2,1H3,(H,26,28)/t23-/m1/s1. The molecular formula is C24H23ClN2O5S. The molecule has 3 aromatic rings. The Morgan fingerprint density at radius 2 is 1.91 bits per heavy atom. The van der Waals surface area contributed by atoms with E-state index in [-0.39, 0.29) is 36.0 Å². The predicted octanol–water partition coefficient (Wildman–Crippen LogP) is 3.80. The van der Waals surface area contributed by atoms with Gasteiger partial charge in [-0.1, -0.05) is 41.9 Å². The van der Waals surface area contributed by atoms with Crippen molar-refractivity contribution in [2.75, 3.05) is 24.0 Å². The maximum absolute atomic E-state index is 13.3. The summed E-state index contributed by atoms with van der Waals surface area (Å²) in [6, 6.07) is 20.3. The molecule has 1 amide bonds. The van der Waals surface area contributed by atoms with Gasteiger partial charge >= 0.3 is 0 Å². The third-order valence-corrected chi connectivity index (χ3v) is 7.10. The molecule has 0 saturated heterocycles. The first-order valence-electron chi connectivity index (χ1n) is 10.4. The van der Waals surface area contributed by atoms with E-state index in [1.165, 1.54) is 22.5 Å². The molecule has 1 heterocycles. The van der Waals surface area contributed by atoms with Crippen LogP contribution in [0.1, 0.15) is 5.56 Å². The predicted molar refractivity (Wildman–Crippen MR) is 127 cm³/mol. The van der Waals surface area contributed by atoms with Crippen molar-refractivity contribution >= 4 is 33.2 Å². The number of halogens is 1. The highest BCUT2D eigenvalue weighted by Crippen LogP contribution is 2.38. The number of amides is 1. The molecule has 0 unspecified atom stereocenters. The van der Waals surface area contributed by atoms with Gasteiger partial charge in [-0.15, -0.1) is 0 Å². The van der Waals surface area contributed by atoms with Crippen molar-refractivity contribution in [3.8, 4) is 11.5 Å². The molecule has 0 saturated carbocycles. The molecule has 1 atom stereocenters. The van der Waals surface area contributed by atoms with Crippen molar-refractivity contribution in [3.63, 3.8) is 0 Å². The summed E-state index contributed by atoms with van der Waals surface area (Å²) < 4.78 is 39.3. The summed E-state index contributed by atoms with van der Waals surface area (Å²) in [6.07, 6.45) is -1.03. The quantitative estimate of drug-likeness (QED) is 0.513. The number of carbonyl (C=O) groups is 1. The van der Waals surface area contributed by atoms with E-state index in [4.69, 9.17) is 21.1 Å². The van der Waals surface area contributed by atoms with E-state index >= 15 is 0 Å². The molecule has 0 aromatic heterocycles. The van der Waals surface area contributed by atoms with Crippen molar-refractivity contribution in [2.45, 2.75) is 17.9 Å². The van der Waals surface area contributed by atoms with Gasteiger partial charge in [0.2, 0.25) is 0 Å². The molecule has 0 bridgehead atoms. The molecule has 9 heteroatoms. The molecule has 4 rings (SSSR count). The monoisotopic (exact) mass is 486 g/mol. The Balaban J connectivity index is 1.48. The maximum Gasteiger partial charge on any atom is 0.264 e. The fourth-order valence-corrected chi connectivity index (χ4v) is 5.13. The van der Waals surface area contributed by atoms with Crippen molar-refractivity contribution in [2.24, 2.45) is 0 Å². The summed E-state index contributed by atoms with van der Waals surface area (Å²) in [4.78, 5) is 12.9. The van der Waals surface area contributed by atoms with E-state index in [0.717, 1.165) is 5.56 Å². The summed E-state index contributed by atoms with van der Waals surface area (Å²) in [5.41, 5.74) is 1.36. The number of ether oxygens (including phenoxy) is 2. The molecule has 3 aromatic carbocycles. The number of carbonyl (C=O) groups excluding carboxylic acids is 1. The second kappa shape index (κ2) is 9.72. The lowest BCUT2D eigenvalue weighted by Gasteiger charge is -2.34. The second-order valence-corrected chi connectivity index (χ2v) is 9.82. The van der Waals surface area contributed by atoms with Crippen LogP contribution in [0.15, 0.2) is 77.7 Å². The van der Waals surface area contributed by atoms with E-state index in [2.05, 4.69) is 5.32 Å². The summed E-state index contributed by atoms with van der Waals surface area (Å²) >= 11 is 6.11. The Labute approximate surface area is 197 Å². The number of benzene rings is 3. The van der Waals surface area contributed by atoms with Gasteiger partial charge in [0, 0.05) is 5.02 Å². The van der Waals surface area contributed by atoms with Gasteiger partial charge in [-0.05, 0) is 55.0 Å². The van der Waals surface area contributed by atoms with Gasteiger partial charge in [0.05, 0.1) is 23.7 Å². The summed E-state index contributed by atoms with van der Waals surface area (Å²) in [6.45, 7) is 2.29. The SMILES string of the molecule is Cc1cccc(OCCNC(=O)[C@H]2CN(S(=O)(=O)c3ccccc3)c3cc(Cl)ccc3O2)c1. The zero-order chi connectivity index (χ0) is 23.4. The number of hydrogen-bond acceptors (Lipinski definition) is 5. The number of sulfonamides is 1. The highest BCUT2D eigenvalue weighted by Gasteiger charge is 2.37. The topological polar surface area (TPSA) is 84.9 Å².